The Balaban J connectivity index is 1.25. The van der Waals surface area contributed by atoms with E-state index in [2.05, 4.69) is 37.2 Å². The molecule has 0 aliphatic carbocycles. The molecular formula is C21H24F2N9O7PS2. The van der Waals surface area contributed by atoms with Crippen LogP contribution in [0.5, 0.6) is 0 Å². The zero-order chi connectivity index (χ0) is 30.0. The molecule has 2 saturated heterocycles. The van der Waals surface area contributed by atoms with Gasteiger partial charge in [-0.25, -0.2) is 23.7 Å². The fraction of sp³-hybridized carbons (Fsp3) is 0.476. The van der Waals surface area contributed by atoms with Crippen LogP contribution in [0.25, 0.3) is 22.2 Å². The molecule has 0 spiro atoms. The van der Waals surface area contributed by atoms with Gasteiger partial charge >= 0.3 is 0 Å². The molecule has 0 amide bonds. The molecule has 42 heavy (non-hydrogen) atoms. The Kier molecular flexibility index (Phi) is 7.26. The van der Waals surface area contributed by atoms with Crippen molar-refractivity contribution in [2.24, 2.45) is 0 Å². The van der Waals surface area contributed by atoms with Gasteiger partial charge in [0.1, 0.15) is 42.7 Å². The summed E-state index contributed by atoms with van der Waals surface area (Å²) in [5.41, 5.74) is 4.74. The predicted molar refractivity (Wildman–Crippen MR) is 149 cm³/mol. The van der Waals surface area contributed by atoms with Crippen LogP contribution in [-0.4, -0.2) is 95.2 Å². The first-order valence-electron chi connectivity index (χ1n) is 12.2. The quantitative estimate of drug-likeness (QED) is 0.107. The number of H-pyrrole nitrogens is 1. The van der Waals surface area contributed by atoms with Gasteiger partial charge in [-0.05, 0) is 17.9 Å². The fourth-order valence-electron chi connectivity index (χ4n) is 5.05. The molecule has 226 valence electrons. The number of rotatable bonds is 8. The third-order valence-corrected chi connectivity index (χ3v) is 9.32. The third kappa shape index (κ3) is 4.57. The second-order valence-corrected chi connectivity index (χ2v) is 14.9. The van der Waals surface area contributed by atoms with Gasteiger partial charge in [-0.15, -0.1) is 0 Å². The molecule has 1 unspecified atom stereocenters. The number of thiol groups is 1. The SMILES string of the molecule is Nc1nc2c(ncn2[C@]2(OP(=S)(S)OC[C@H]3OC[C@@](F)(n4ccc5c(N)ncnc54)[C@@H]3O)CO[C@H](CO)[C@@H]2F)c(=O)[nH]1. The van der Waals surface area contributed by atoms with Crippen molar-refractivity contribution in [2.75, 3.05) is 37.9 Å². The van der Waals surface area contributed by atoms with Crippen molar-refractivity contribution in [3.63, 3.8) is 0 Å². The Morgan fingerprint density at radius 2 is 2.00 bits per heavy atom. The molecule has 0 radical (unpaired) electrons. The van der Waals surface area contributed by atoms with Crippen LogP contribution >= 0.6 is 17.9 Å². The second-order valence-electron chi connectivity index (χ2n) is 9.67. The van der Waals surface area contributed by atoms with Crippen LogP contribution in [0.2, 0.25) is 0 Å². The Hall–Kier alpha value is -2.81. The number of ether oxygens (including phenoxy) is 2. The van der Waals surface area contributed by atoms with Crippen molar-refractivity contribution in [2.45, 2.75) is 36.0 Å². The molecule has 7 atom stereocenters. The zero-order valence-corrected chi connectivity index (χ0v) is 23.9. The lowest BCUT2D eigenvalue weighted by atomic mass is 10.1. The van der Waals surface area contributed by atoms with Gasteiger partial charge < -0.3 is 35.7 Å². The molecule has 21 heteroatoms. The average molecular weight is 648 g/mol. The third-order valence-electron chi connectivity index (χ3n) is 7.17. The lowest BCUT2D eigenvalue weighted by molar-refractivity contribution is -0.0617. The molecular weight excluding hydrogens is 623 g/mol. The summed E-state index contributed by atoms with van der Waals surface area (Å²) in [5, 5.41) is 21.0. The topological polar surface area (TPSA) is 224 Å². The number of hydrogen-bond donors (Lipinski definition) is 6. The Bertz CT molecular complexity index is 1780. The number of nitrogens with one attached hydrogen (secondary N) is 1. The first kappa shape index (κ1) is 29.3. The number of fused-ring (bicyclic) bond motifs is 2. The number of hydrogen-bond acceptors (Lipinski definition) is 14. The smallest absolute Gasteiger partial charge is 0.280 e. The molecule has 0 aromatic carbocycles. The van der Waals surface area contributed by atoms with Crippen LogP contribution in [-0.2, 0) is 41.8 Å². The van der Waals surface area contributed by atoms with E-state index in [-0.39, 0.29) is 28.6 Å². The lowest BCUT2D eigenvalue weighted by Gasteiger charge is -2.35. The Labute approximate surface area is 244 Å². The molecule has 6 heterocycles. The number of aliphatic hydroxyl groups excluding tert-OH is 2. The maximum atomic E-state index is 16.1. The number of aromatic nitrogens is 7. The minimum Gasteiger partial charge on any atom is -0.394 e. The number of aromatic amines is 1. The predicted octanol–water partition coefficient (Wildman–Crippen LogP) is -0.320. The molecule has 2 aliphatic heterocycles. The number of halogens is 2. The fourth-order valence-corrected chi connectivity index (χ4v) is 7.28. The number of nitrogens with two attached hydrogens (primary N) is 2. The largest absolute Gasteiger partial charge is 0.394 e. The molecule has 0 bridgehead atoms. The van der Waals surface area contributed by atoms with E-state index in [1.165, 1.54) is 18.6 Å². The van der Waals surface area contributed by atoms with Crippen LogP contribution in [0.3, 0.4) is 0 Å². The van der Waals surface area contributed by atoms with Gasteiger partial charge in [-0.1, -0.05) is 12.2 Å². The van der Waals surface area contributed by atoms with Gasteiger partial charge in [-0.3, -0.25) is 23.4 Å². The number of anilines is 2. The van der Waals surface area contributed by atoms with E-state index in [4.69, 9.17) is 41.8 Å². The summed E-state index contributed by atoms with van der Waals surface area (Å²) in [6, 6.07) is 1.51. The van der Waals surface area contributed by atoms with Crippen molar-refractivity contribution < 1.29 is 37.5 Å². The molecule has 4 aromatic rings. The van der Waals surface area contributed by atoms with Crippen LogP contribution in [0, 0.1) is 0 Å². The maximum absolute atomic E-state index is 16.1. The first-order valence-corrected chi connectivity index (χ1v) is 16.0. The number of aliphatic hydroxyl groups is 2. The lowest BCUT2D eigenvalue weighted by Crippen LogP contribution is -2.46. The highest BCUT2D eigenvalue weighted by molar-refractivity contribution is 8.60. The summed E-state index contributed by atoms with van der Waals surface area (Å²) in [5.74, 6) is -2.59. The highest BCUT2D eigenvalue weighted by Crippen LogP contribution is 2.60. The van der Waals surface area contributed by atoms with Gasteiger partial charge in [0.05, 0.1) is 31.5 Å². The van der Waals surface area contributed by atoms with Gasteiger partial charge in [0.25, 0.3) is 5.56 Å². The summed E-state index contributed by atoms with van der Waals surface area (Å²) in [7, 11) is 0. The number of nitrogen functional groups attached to an aromatic ring is 2. The minimum atomic E-state index is -3.78. The van der Waals surface area contributed by atoms with Crippen LogP contribution < -0.4 is 17.0 Å². The normalized spacial score (nSPS) is 31.3. The molecule has 2 fully saturated rings. The highest BCUT2D eigenvalue weighted by atomic mass is 32.9. The van der Waals surface area contributed by atoms with Crippen molar-refractivity contribution in [1.82, 2.24) is 34.1 Å². The average Bonchev–Trinajstić information content (AvgIpc) is 3.70. The van der Waals surface area contributed by atoms with E-state index in [1.54, 1.807) is 0 Å². The van der Waals surface area contributed by atoms with Gasteiger partial charge in [-0.2, -0.15) is 4.98 Å². The van der Waals surface area contributed by atoms with E-state index in [0.717, 1.165) is 15.5 Å². The van der Waals surface area contributed by atoms with E-state index < -0.39 is 73.7 Å². The summed E-state index contributed by atoms with van der Waals surface area (Å²) in [6.45, 7) is -2.30. The van der Waals surface area contributed by atoms with E-state index in [9.17, 15) is 15.0 Å². The molecule has 0 saturated carbocycles. The monoisotopic (exact) mass is 647 g/mol. The number of nitrogens with zero attached hydrogens (tertiary/aromatic N) is 6. The minimum absolute atomic E-state index is 0.135. The molecule has 16 nitrogen and oxygen atoms in total. The highest BCUT2D eigenvalue weighted by Gasteiger charge is 2.57. The molecule has 2 aliphatic rings. The van der Waals surface area contributed by atoms with Crippen LogP contribution in [0.15, 0.2) is 29.7 Å². The molecule has 6 rings (SSSR count). The first-order chi connectivity index (χ1) is 19.9. The van der Waals surface area contributed by atoms with E-state index in [0.29, 0.717) is 5.39 Å². The Morgan fingerprint density at radius 1 is 1.24 bits per heavy atom. The second kappa shape index (κ2) is 10.4. The van der Waals surface area contributed by atoms with Crippen molar-refractivity contribution >= 4 is 63.7 Å². The van der Waals surface area contributed by atoms with Crippen molar-refractivity contribution in [3.8, 4) is 0 Å². The van der Waals surface area contributed by atoms with Crippen LogP contribution in [0.1, 0.15) is 0 Å². The van der Waals surface area contributed by atoms with Crippen LogP contribution in [0.4, 0.5) is 20.5 Å². The summed E-state index contributed by atoms with van der Waals surface area (Å²) < 4.78 is 56.8. The maximum Gasteiger partial charge on any atom is 0.280 e. The molecule has 4 aromatic heterocycles. The van der Waals surface area contributed by atoms with Gasteiger partial charge in [0, 0.05) is 6.20 Å². The number of alkyl halides is 2. The van der Waals surface area contributed by atoms with Gasteiger partial charge in [0.2, 0.25) is 23.2 Å². The summed E-state index contributed by atoms with van der Waals surface area (Å²) in [6.07, 6.45) is -2.80. The standard InChI is InChI=1S/C21H24F2N9O7PS2/c22-13-10(3-33)37-6-21(13,32-8-28-12-17(32)29-19(25)30-18(12)35)39-40(41,42)38-4-11-14(34)20(23,5-36-11)31-2-1-9-15(24)26-7-27-16(9)31/h1-2,7-8,10-11,13-14,33-34H,3-6H2,(H,41,42)(H2,24,26,27)(H3,25,29,30,35)/t10-,11-,13+,14-,20-,21+/m1/s1. The summed E-state index contributed by atoms with van der Waals surface area (Å²) >= 11 is 9.78. The van der Waals surface area contributed by atoms with Crippen molar-refractivity contribution in [3.05, 3.63) is 35.3 Å². The van der Waals surface area contributed by atoms with Gasteiger partial charge in [0.15, 0.2) is 17.3 Å². The van der Waals surface area contributed by atoms with E-state index >= 15 is 8.78 Å². The van der Waals surface area contributed by atoms with E-state index in [1.807, 2.05) is 0 Å². The number of imidazole rings is 1. The zero-order valence-electron chi connectivity index (χ0n) is 21.3. The molecule has 7 N–H and O–H groups in total. The Morgan fingerprint density at radius 3 is 2.74 bits per heavy atom. The van der Waals surface area contributed by atoms with Crippen molar-refractivity contribution in [1.29, 1.82) is 0 Å². The summed E-state index contributed by atoms with van der Waals surface area (Å²) in [4.78, 5) is 30.6.